The average molecular weight is 295 g/mol. The van der Waals surface area contributed by atoms with Crippen molar-refractivity contribution in [1.82, 2.24) is 15.5 Å². The fourth-order valence-corrected chi connectivity index (χ4v) is 4.36. The van der Waals surface area contributed by atoms with Crippen LogP contribution in [0.25, 0.3) is 0 Å². The van der Waals surface area contributed by atoms with Gasteiger partial charge in [0.1, 0.15) is 0 Å². The highest BCUT2D eigenvalue weighted by Crippen LogP contribution is 2.38. The minimum Gasteiger partial charge on any atom is -0.379 e. The van der Waals surface area contributed by atoms with Crippen LogP contribution in [-0.4, -0.2) is 61.8 Å². The standard InChI is InChI=1S/C16H29N3O2/c1-13(18-15(20)14-4-7-17-12-14)16(5-2-3-6-16)19-8-10-21-11-9-19/h13-14,17H,2-12H2,1H3,(H,18,20). The maximum atomic E-state index is 12.4. The highest BCUT2D eigenvalue weighted by Gasteiger charge is 2.45. The van der Waals surface area contributed by atoms with Gasteiger partial charge in [0.05, 0.1) is 19.1 Å². The summed E-state index contributed by atoms with van der Waals surface area (Å²) < 4.78 is 5.51. The summed E-state index contributed by atoms with van der Waals surface area (Å²) in [4.78, 5) is 15.0. The molecule has 120 valence electrons. The van der Waals surface area contributed by atoms with Gasteiger partial charge < -0.3 is 15.4 Å². The Morgan fingerprint density at radius 1 is 1.33 bits per heavy atom. The normalized spacial score (nSPS) is 31.2. The molecule has 1 aliphatic carbocycles. The highest BCUT2D eigenvalue weighted by molar-refractivity contribution is 5.79. The maximum Gasteiger partial charge on any atom is 0.224 e. The molecule has 1 saturated carbocycles. The summed E-state index contributed by atoms with van der Waals surface area (Å²) in [6.45, 7) is 7.69. The van der Waals surface area contributed by atoms with Crippen LogP contribution >= 0.6 is 0 Å². The smallest absolute Gasteiger partial charge is 0.224 e. The largest absolute Gasteiger partial charge is 0.379 e. The third kappa shape index (κ3) is 3.10. The molecule has 3 fully saturated rings. The summed E-state index contributed by atoms with van der Waals surface area (Å²) >= 11 is 0. The summed E-state index contributed by atoms with van der Waals surface area (Å²) in [7, 11) is 0. The van der Waals surface area contributed by atoms with E-state index in [-0.39, 0.29) is 23.4 Å². The zero-order valence-electron chi connectivity index (χ0n) is 13.2. The number of carbonyl (C=O) groups excluding carboxylic acids is 1. The summed E-state index contributed by atoms with van der Waals surface area (Å²) in [5.41, 5.74) is 0.158. The van der Waals surface area contributed by atoms with Gasteiger partial charge in [-0.15, -0.1) is 0 Å². The van der Waals surface area contributed by atoms with Gasteiger partial charge in [0.15, 0.2) is 0 Å². The van der Waals surface area contributed by atoms with Crippen molar-refractivity contribution in [2.24, 2.45) is 5.92 Å². The van der Waals surface area contributed by atoms with Crippen LogP contribution in [0, 0.1) is 5.92 Å². The molecule has 0 radical (unpaired) electrons. The van der Waals surface area contributed by atoms with Crippen LogP contribution in [0.1, 0.15) is 39.0 Å². The van der Waals surface area contributed by atoms with Gasteiger partial charge in [0.25, 0.3) is 0 Å². The lowest BCUT2D eigenvalue weighted by molar-refractivity contribution is -0.126. The van der Waals surface area contributed by atoms with E-state index in [2.05, 4.69) is 22.5 Å². The lowest BCUT2D eigenvalue weighted by atomic mass is 9.86. The Morgan fingerprint density at radius 2 is 2.05 bits per heavy atom. The molecule has 2 heterocycles. The van der Waals surface area contributed by atoms with E-state index in [1.807, 2.05) is 0 Å². The molecule has 2 saturated heterocycles. The Kier molecular flexibility index (Phi) is 4.82. The zero-order valence-corrected chi connectivity index (χ0v) is 13.2. The SMILES string of the molecule is CC(NC(=O)C1CCNC1)C1(N2CCOCC2)CCCC1. The van der Waals surface area contributed by atoms with E-state index in [1.54, 1.807) is 0 Å². The Bertz CT molecular complexity index is 357. The summed E-state index contributed by atoms with van der Waals surface area (Å²) in [5.74, 6) is 0.405. The topological polar surface area (TPSA) is 53.6 Å². The van der Waals surface area contributed by atoms with Gasteiger partial charge in [-0.25, -0.2) is 0 Å². The average Bonchev–Trinajstić information content (AvgIpc) is 3.20. The van der Waals surface area contributed by atoms with Crippen molar-refractivity contribution in [2.45, 2.75) is 50.6 Å². The number of morpholine rings is 1. The molecule has 0 aromatic carbocycles. The minimum atomic E-state index is 0.158. The van der Waals surface area contributed by atoms with E-state index in [1.165, 1.54) is 25.7 Å². The molecule has 21 heavy (non-hydrogen) atoms. The molecule has 0 spiro atoms. The Balaban J connectivity index is 1.66. The fraction of sp³-hybridized carbons (Fsp3) is 0.938. The third-order valence-electron chi connectivity index (χ3n) is 5.71. The molecule has 5 nitrogen and oxygen atoms in total. The second-order valence-corrected chi connectivity index (χ2v) is 6.83. The number of nitrogens with one attached hydrogen (secondary N) is 2. The molecule has 3 aliphatic rings. The lowest BCUT2D eigenvalue weighted by Crippen LogP contribution is -2.62. The molecule has 2 unspecified atom stereocenters. The van der Waals surface area contributed by atoms with E-state index >= 15 is 0 Å². The summed E-state index contributed by atoms with van der Waals surface area (Å²) in [6.07, 6.45) is 5.95. The first kappa shape index (κ1) is 15.3. The molecule has 0 bridgehead atoms. The Morgan fingerprint density at radius 3 is 2.67 bits per heavy atom. The van der Waals surface area contributed by atoms with Gasteiger partial charge in [0.2, 0.25) is 5.91 Å². The first-order chi connectivity index (χ1) is 10.2. The van der Waals surface area contributed by atoms with Gasteiger partial charge in [-0.1, -0.05) is 12.8 Å². The molecule has 2 atom stereocenters. The molecule has 0 aromatic heterocycles. The number of amides is 1. The van der Waals surface area contributed by atoms with Crippen molar-refractivity contribution < 1.29 is 9.53 Å². The maximum absolute atomic E-state index is 12.4. The Labute approximate surface area is 127 Å². The number of hydrogen-bond donors (Lipinski definition) is 2. The molecular formula is C16H29N3O2. The van der Waals surface area contributed by atoms with Gasteiger partial charge >= 0.3 is 0 Å². The number of nitrogens with zero attached hydrogens (tertiary/aromatic N) is 1. The monoisotopic (exact) mass is 295 g/mol. The molecule has 1 amide bonds. The third-order valence-corrected chi connectivity index (χ3v) is 5.71. The molecule has 2 N–H and O–H groups in total. The number of ether oxygens (including phenoxy) is 1. The van der Waals surface area contributed by atoms with E-state index in [9.17, 15) is 4.79 Å². The number of carbonyl (C=O) groups is 1. The van der Waals surface area contributed by atoms with Crippen LogP contribution in [0.4, 0.5) is 0 Å². The quantitative estimate of drug-likeness (QED) is 0.803. The zero-order chi connectivity index (χ0) is 14.7. The number of hydrogen-bond acceptors (Lipinski definition) is 4. The first-order valence-electron chi connectivity index (χ1n) is 8.56. The van der Waals surface area contributed by atoms with Gasteiger partial charge in [-0.2, -0.15) is 0 Å². The van der Waals surface area contributed by atoms with Crippen LogP contribution < -0.4 is 10.6 Å². The van der Waals surface area contributed by atoms with E-state index in [0.29, 0.717) is 0 Å². The second-order valence-electron chi connectivity index (χ2n) is 6.83. The van der Waals surface area contributed by atoms with Crippen LogP contribution in [0.3, 0.4) is 0 Å². The number of rotatable bonds is 4. The lowest BCUT2D eigenvalue weighted by Gasteiger charge is -2.47. The van der Waals surface area contributed by atoms with Crippen LogP contribution in [0.5, 0.6) is 0 Å². The fourth-order valence-electron chi connectivity index (χ4n) is 4.36. The van der Waals surface area contributed by atoms with Crippen molar-refractivity contribution in [3.63, 3.8) is 0 Å². The van der Waals surface area contributed by atoms with Crippen molar-refractivity contribution >= 4 is 5.91 Å². The predicted molar refractivity (Wildman–Crippen MR) is 82.2 cm³/mol. The van der Waals surface area contributed by atoms with Crippen LogP contribution in [-0.2, 0) is 9.53 Å². The highest BCUT2D eigenvalue weighted by atomic mass is 16.5. The minimum absolute atomic E-state index is 0.158. The molecule has 5 heteroatoms. The summed E-state index contributed by atoms with van der Waals surface area (Å²) in [6, 6.07) is 0.228. The van der Waals surface area contributed by atoms with E-state index in [4.69, 9.17) is 4.74 Å². The van der Waals surface area contributed by atoms with Gasteiger partial charge in [0, 0.05) is 31.2 Å². The van der Waals surface area contributed by atoms with Crippen molar-refractivity contribution in [3.8, 4) is 0 Å². The van der Waals surface area contributed by atoms with Crippen molar-refractivity contribution in [2.75, 3.05) is 39.4 Å². The van der Waals surface area contributed by atoms with Gasteiger partial charge in [-0.3, -0.25) is 9.69 Å². The predicted octanol–water partition coefficient (Wildman–Crippen LogP) is 0.746. The molecule has 3 rings (SSSR count). The van der Waals surface area contributed by atoms with Gasteiger partial charge in [-0.05, 0) is 32.7 Å². The first-order valence-corrected chi connectivity index (χ1v) is 8.56. The second kappa shape index (κ2) is 6.63. The van der Waals surface area contributed by atoms with Crippen molar-refractivity contribution in [1.29, 1.82) is 0 Å². The van der Waals surface area contributed by atoms with Crippen LogP contribution in [0.2, 0.25) is 0 Å². The Hall–Kier alpha value is -0.650. The van der Waals surface area contributed by atoms with Crippen LogP contribution in [0.15, 0.2) is 0 Å². The molecule has 2 aliphatic heterocycles. The molecular weight excluding hydrogens is 266 g/mol. The van der Waals surface area contributed by atoms with Crippen molar-refractivity contribution in [3.05, 3.63) is 0 Å². The summed E-state index contributed by atoms with van der Waals surface area (Å²) in [5, 5.41) is 6.62. The molecule has 0 aromatic rings. The van der Waals surface area contributed by atoms with E-state index in [0.717, 1.165) is 45.8 Å². The van der Waals surface area contributed by atoms with E-state index < -0.39 is 0 Å².